The fraction of sp³-hybridized carbons (Fsp3) is 0. The molecule has 1 rings (SSSR count). The molecule has 6 nitrogen and oxygen atoms in total. The number of carbonyl (C=O) groups excluding carboxylic acids is 2. The average Bonchev–Trinajstić information content (AvgIpc) is 2.41. The molecule has 0 radical (unpaired) electrons. The zero-order chi connectivity index (χ0) is 15.1. The van der Waals surface area contributed by atoms with E-state index in [1.54, 1.807) is 0 Å². The van der Waals surface area contributed by atoms with Gasteiger partial charge in [0.25, 0.3) is 0 Å². The minimum atomic E-state index is -1.29. The zero-order valence-electron chi connectivity index (χ0n) is 10.1. The lowest BCUT2D eigenvalue weighted by Gasteiger charge is -2.08. The average molecular weight is 274 g/mol. The van der Waals surface area contributed by atoms with Gasteiger partial charge in [-0.3, -0.25) is 9.59 Å². The molecule has 0 unspecified atom stereocenters. The summed E-state index contributed by atoms with van der Waals surface area (Å²) in [6.07, 6.45) is 5.39. The lowest BCUT2D eigenvalue weighted by molar-refractivity contribution is -0.104. The van der Waals surface area contributed by atoms with Crippen molar-refractivity contribution in [2.24, 2.45) is 0 Å². The van der Waals surface area contributed by atoms with Gasteiger partial charge in [0, 0.05) is 0 Å². The number of hydrogen-bond donors (Lipinski definition) is 2. The summed E-state index contributed by atoms with van der Waals surface area (Å²) in [5.74, 6) is -2.54. The van der Waals surface area contributed by atoms with E-state index in [2.05, 4.69) is 0 Å². The number of benzene rings is 1. The molecule has 20 heavy (non-hydrogen) atoms. The number of carboxylic acid groups (broad SMARTS) is 2. The van der Waals surface area contributed by atoms with Crippen LogP contribution < -0.4 is 0 Å². The summed E-state index contributed by atoms with van der Waals surface area (Å²) in [5.41, 5.74) is -0.206. The molecule has 0 atom stereocenters. The molecule has 6 heteroatoms. The van der Waals surface area contributed by atoms with E-state index in [4.69, 9.17) is 5.11 Å². The van der Waals surface area contributed by atoms with Gasteiger partial charge in [-0.1, -0.05) is 12.2 Å². The van der Waals surface area contributed by atoms with Gasteiger partial charge >= 0.3 is 11.9 Å². The molecule has 1 aromatic carbocycles. The molecule has 0 amide bonds. The summed E-state index contributed by atoms with van der Waals surface area (Å²) in [7, 11) is 0. The Kier molecular flexibility index (Phi) is 5.11. The Morgan fingerprint density at radius 3 is 1.60 bits per heavy atom. The van der Waals surface area contributed by atoms with Gasteiger partial charge in [0.15, 0.2) is 0 Å². The topological polar surface area (TPSA) is 109 Å². The first kappa shape index (κ1) is 15.0. The van der Waals surface area contributed by atoms with Crippen LogP contribution >= 0.6 is 0 Å². The molecule has 0 aliphatic heterocycles. The maximum absolute atomic E-state index is 11.3. The van der Waals surface area contributed by atoms with Crippen LogP contribution in [0.3, 0.4) is 0 Å². The van der Waals surface area contributed by atoms with Crippen LogP contribution in [-0.2, 0) is 9.59 Å². The molecule has 0 spiro atoms. The zero-order valence-corrected chi connectivity index (χ0v) is 10.1. The fourth-order valence-corrected chi connectivity index (χ4v) is 1.61. The highest BCUT2D eigenvalue weighted by Gasteiger charge is 2.16. The van der Waals surface area contributed by atoms with Crippen LogP contribution in [0.4, 0.5) is 0 Å². The highest BCUT2D eigenvalue weighted by molar-refractivity contribution is 6.00. The van der Waals surface area contributed by atoms with Gasteiger partial charge in [-0.25, -0.2) is 9.59 Å². The third-order valence-electron chi connectivity index (χ3n) is 2.37. The van der Waals surface area contributed by atoms with E-state index in [0.29, 0.717) is 12.6 Å². The maximum Gasteiger partial charge on any atom is 0.336 e. The van der Waals surface area contributed by atoms with Crippen molar-refractivity contribution in [2.75, 3.05) is 0 Å². The fourth-order valence-electron chi connectivity index (χ4n) is 1.61. The molecule has 0 saturated carbocycles. The lowest BCUT2D eigenvalue weighted by atomic mass is 9.96. The summed E-state index contributed by atoms with van der Waals surface area (Å²) < 4.78 is 0. The van der Waals surface area contributed by atoms with Gasteiger partial charge < -0.3 is 10.2 Å². The molecule has 0 bridgehead atoms. The summed E-state index contributed by atoms with van der Waals surface area (Å²) in [5, 5.41) is 18.2. The van der Waals surface area contributed by atoms with Crippen LogP contribution in [0.15, 0.2) is 24.3 Å². The van der Waals surface area contributed by atoms with Crippen LogP contribution in [0, 0.1) is 0 Å². The third-order valence-corrected chi connectivity index (χ3v) is 2.37. The second kappa shape index (κ2) is 6.79. The van der Waals surface area contributed by atoms with Crippen LogP contribution in [0.5, 0.6) is 0 Å². The Morgan fingerprint density at radius 2 is 1.30 bits per heavy atom. The smallest absolute Gasteiger partial charge is 0.336 e. The van der Waals surface area contributed by atoms with Gasteiger partial charge in [0.2, 0.25) is 0 Å². The summed E-state index contributed by atoms with van der Waals surface area (Å²) in [4.78, 5) is 42.9. The van der Waals surface area contributed by atoms with Crippen molar-refractivity contribution in [1.82, 2.24) is 0 Å². The van der Waals surface area contributed by atoms with Gasteiger partial charge in [-0.05, 0) is 35.4 Å². The van der Waals surface area contributed by atoms with Gasteiger partial charge in [-0.15, -0.1) is 0 Å². The molecule has 0 aliphatic rings. The number of rotatable bonds is 6. The first-order valence-corrected chi connectivity index (χ1v) is 5.39. The first-order valence-electron chi connectivity index (χ1n) is 5.39. The van der Waals surface area contributed by atoms with E-state index < -0.39 is 11.9 Å². The summed E-state index contributed by atoms with van der Waals surface area (Å²) >= 11 is 0. The molecule has 0 fully saturated rings. The Bertz CT molecular complexity index is 586. The number of carbonyl (C=O) groups is 4. The highest BCUT2D eigenvalue weighted by Crippen LogP contribution is 2.21. The van der Waals surface area contributed by atoms with Crippen molar-refractivity contribution in [2.45, 2.75) is 0 Å². The van der Waals surface area contributed by atoms with Crippen molar-refractivity contribution in [3.05, 3.63) is 46.5 Å². The van der Waals surface area contributed by atoms with Crippen LogP contribution in [0.25, 0.3) is 12.2 Å². The molecule has 2 N–H and O–H groups in total. The maximum atomic E-state index is 11.3. The molecule has 1 aromatic rings. The van der Waals surface area contributed by atoms with Crippen molar-refractivity contribution in [3.63, 3.8) is 0 Å². The van der Waals surface area contributed by atoms with Gasteiger partial charge in [-0.2, -0.15) is 0 Å². The predicted molar refractivity (Wildman–Crippen MR) is 70.6 cm³/mol. The monoisotopic (exact) mass is 274 g/mol. The van der Waals surface area contributed by atoms with Gasteiger partial charge in [0.1, 0.15) is 12.6 Å². The van der Waals surface area contributed by atoms with Crippen molar-refractivity contribution in [1.29, 1.82) is 0 Å². The third kappa shape index (κ3) is 3.49. The van der Waals surface area contributed by atoms with E-state index in [1.807, 2.05) is 0 Å². The second-order valence-electron chi connectivity index (χ2n) is 3.63. The second-order valence-corrected chi connectivity index (χ2v) is 3.63. The SMILES string of the molecule is O=C/C=C/c1cc(C(=O)O)cc(/C=C/C=O)c1C(=O)O. The van der Waals surface area contributed by atoms with Crippen LogP contribution in [0.1, 0.15) is 31.8 Å². The molecule has 0 heterocycles. The molecule has 0 aromatic heterocycles. The number of aldehydes is 2. The molecular formula is C14H10O6. The Balaban J connectivity index is 3.64. The van der Waals surface area contributed by atoms with Crippen LogP contribution in [0.2, 0.25) is 0 Å². The van der Waals surface area contributed by atoms with E-state index in [0.717, 1.165) is 24.3 Å². The van der Waals surface area contributed by atoms with E-state index in [9.17, 15) is 24.3 Å². The van der Waals surface area contributed by atoms with Crippen molar-refractivity contribution >= 4 is 36.7 Å². The van der Waals surface area contributed by atoms with Gasteiger partial charge in [0.05, 0.1) is 11.1 Å². The largest absolute Gasteiger partial charge is 0.478 e. The summed E-state index contributed by atoms with van der Waals surface area (Å²) in [6.45, 7) is 0. The van der Waals surface area contributed by atoms with E-state index in [1.165, 1.54) is 12.2 Å². The van der Waals surface area contributed by atoms with Crippen LogP contribution in [-0.4, -0.2) is 34.7 Å². The predicted octanol–water partition coefficient (Wildman–Crippen LogP) is 1.51. The Morgan fingerprint density at radius 1 is 0.850 bits per heavy atom. The lowest BCUT2D eigenvalue weighted by Crippen LogP contribution is -2.07. The molecule has 0 saturated heterocycles. The Hall–Kier alpha value is -3.02. The van der Waals surface area contributed by atoms with Crippen molar-refractivity contribution < 1.29 is 29.4 Å². The number of hydrogen-bond acceptors (Lipinski definition) is 4. The first-order chi connectivity index (χ1) is 9.51. The number of carboxylic acids is 2. The normalized spacial score (nSPS) is 10.8. The molecular weight excluding hydrogens is 264 g/mol. The van der Waals surface area contributed by atoms with E-state index >= 15 is 0 Å². The van der Waals surface area contributed by atoms with Crippen molar-refractivity contribution in [3.8, 4) is 0 Å². The highest BCUT2D eigenvalue weighted by atomic mass is 16.4. The summed E-state index contributed by atoms with van der Waals surface area (Å²) in [6, 6.07) is 2.29. The quantitative estimate of drug-likeness (QED) is 0.601. The number of aromatic carboxylic acids is 2. The minimum Gasteiger partial charge on any atom is -0.478 e. The minimum absolute atomic E-state index is 0.0649. The number of allylic oxidation sites excluding steroid dienone is 2. The molecule has 0 aliphatic carbocycles. The molecule has 102 valence electrons. The van der Waals surface area contributed by atoms with E-state index in [-0.39, 0.29) is 22.3 Å². The Labute approximate surface area is 113 Å². The standard InChI is InChI=1S/C14H10O6/c15-5-1-3-9-7-11(13(17)18)8-10(4-2-6-16)12(9)14(19)20/h1-8H,(H,17,18)(H,19,20)/b3-1+,4-2+.